The summed E-state index contributed by atoms with van der Waals surface area (Å²) in [5.41, 5.74) is 1.36. The minimum Gasteiger partial charge on any atom is -0.395 e. The number of aliphatic hydroxyl groups is 1. The van der Waals surface area contributed by atoms with E-state index in [0.29, 0.717) is 6.04 Å². The predicted octanol–water partition coefficient (Wildman–Crippen LogP) is 1.59. The Morgan fingerprint density at radius 1 is 1.27 bits per heavy atom. The Kier molecular flexibility index (Phi) is 3.75. The summed E-state index contributed by atoms with van der Waals surface area (Å²) in [5, 5.41) is 12.6. The van der Waals surface area contributed by atoms with Gasteiger partial charge >= 0.3 is 0 Å². The number of nitrogens with one attached hydrogen (secondary N) is 1. The van der Waals surface area contributed by atoms with Crippen molar-refractivity contribution in [1.82, 2.24) is 5.32 Å². The largest absolute Gasteiger partial charge is 0.395 e. The van der Waals surface area contributed by atoms with Gasteiger partial charge in [-0.3, -0.25) is 0 Å². The molecule has 0 aromatic heterocycles. The standard InChI is InChI=1S/C13H19NO/c15-10-13(12-6-7-12)14-9-8-11-4-2-1-3-5-11/h1-5,12-15H,6-10H2/t13-/m1/s1. The van der Waals surface area contributed by atoms with E-state index in [0.717, 1.165) is 18.9 Å². The number of benzene rings is 1. The van der Waals surface area contributed by atoms with Crippen LogP contribution in [0.3, 0.4) is 0 Å². The van der Waals surface area contributed by atoms with Crippen LogP contribution in [-0.4, -0.2) is 24.3 Å². The van der Waals surface area contributed by atoms with Crippen molar-refractivity contribution in [2.45, 2.75) is 25.3 Å². The van der Waals surface area contributed by atoms with Gasteiger partial charge < -0.3 is 10.4 Å². The molecule has 82 valence electrons. The van der Waals surface area contributed by atoms with E-state index >= 15 is 0 Å². The molecule has 1 aromatic carbocycles. The molecule has 2 rings (SSSR count). The smallest absolute Gasteiger partial charge is 0.0587 e. The van der Waals surface area contributed by atoms with Crippen molar-refractivity contribution in [1.29, 1.82) is 0 Å². The molecule has 1 aromatic rings. The van der Waals surface area contributed by atoms with Crippen molar-refractivity contribution in [2.75, 3.05) is 13.2 Å². The van der Waals surface area contributed by atoms with Gasteiger partial charge in [0.2, 0.25) is 0 Å². The fourth-order valence-corrected chi connectivity index (χ4v) is 1.93. The van der Waals surface area contributed by atoms with Crippen LogP contribution < -0.4 is 5.32 Å². The maximum atomic E-state index is 9.17. The van der Waals surface area contributed by atoms with Crippen LogP contribution in [0.4, 0.5) is 0 Å². The lowest BCUT2D eigenvalue weighted by atomic mass is 10.1. The second-order valence-electron chi connectivity index (χ2n) is 4.32. The molecular formula is C13H19NO. The fraction of sp³-hybridized carbons (Fsp3) is 0.538. The molecule has 2 heteroatoms. The van der Waals surface area contributed by atoms with Crippen LogP contribution in [0.15, 0.2) is 30.3 Å². The van der Waals surface area contributed by atoms with E-state index < -0.39 is 0 Å². The Labute approximate surface area is 91.3 Å². The van der Waals surface area contributed by atoms with E-state index in [2.05, 4.69) is 29.6 Å². The fourth-order valence-electron chi connectivity index (χ4n) is 1.93. The highest BCUT2D eigenvalue weighted by molar-refractivity contribution is 5.14. The molecule has 0 unspecified atom stereocenters. The van der Waals surface area contributed by atoms with Crippen molar-refractivity contribution < 1.29 is 5.11 Å². The van der Waals surface area contributed by atoms with Gasteiger partial charge in [0.15, 0.2) is 0 Å². The van der Waals surface area contributed by atoms with E-state index in [9.17, 15) is 5.11 Å². The van der Waals surface area contributed by atoms with E-state index in [1.165, 1.54) is 18.4 Å². The molecule has 1 fully saturated rings. The first-order valence-electron chi connectivity index (χ1n) is 5.78. The molecule has 0 radical (unpaired) electrons. The first kappa shape index (κ1) is 10.7. The minimum absolute atomic E-state index is 0.277. The van der Waals surface area contributed by atoms with Gasteiger partial charge in [-0.05, 0) is 37.3 Å². The molecule has 0 aliphatic heterocycles. The Bertz CT molecular complexity index is 282. The zero-order valence-corrected chi connectivity index (χ0v) is 9.02. The summed E-state index contributed by atoms with van der Waals surface area (Å²) >= 11 is 0. The molecule has 0 heterocycles. The van der Waals surface area contributed by atoms with Crippen molar-refractivity contribution >= 4 is 0 Å². The van der Waals surface area contributed by atoms with Crippen LogP contribution in [0.1, 0.15) is 18.4 Å². The first-order chi connectivity index (χ1) is 7.40. The van der Waals surface area contributed by atoms with Gasteiger partial charge in [0.1, 0.15) is 0 Å². The van der Waals surface area contributed by atoms with Crippen LogP contribution in [0.2, 0.25) is 0 Å². The summed E-state index contributed by atoms with van der Waals surface area (Å²) in [4.78, 5) is 0. The van der Waals surface area contributed by atoms with Crippen molar-refractivity contribution in [2.24, 2.45) is 5.92 Å². The molecule has 1 saturated carbocycles. The molecule has 0 spiro atoms. The topological polar surface area (TPSA) is 32.3 Å². The lowest BCUT2D eigenvalue weighted by Crippen LogP contribution is -2.35. The summed E-state index contributed by atoms with van der Waals surface area (Å²) < 4.78 is 0. The molecule has 1 aliphatic carbocycles. The number of rotatable bonds is 6. The molecule has 2 N–H and O–H groups in total. The third-order valence-electron chi connectivity index (χ3n) is 3.05. The summed E-state index contributed by atoms with van der Waals surface area (Å²) in [6.45, 7) is 1.24. The Morgan fingerprint density at radius 3 is 2.60 bits per heavy atom. The van der Waals surface area contributed by atoms with Crippen LogP contribution in [0, 0.1) is 5.92 Å². The summed E-state index contributed by atoms with van der Waals surface area (Å²) in [5.74, 6) is 0.728. The predicted molar refractivity (Wildman–Crippen MR) is 61.7 cm³/mol. The van der Waals surface area contributed by atoms with E-state index in [-0.39, 0.29) is 6.61 Å². The summed E-state index contributed by atoms with van der Waals surface area (Å²) in [7, 11) is 0. The van der Waals surface area contributed by atoms with Gasteiger partial charge in [-0.15, -0.1) is 0 Å². The molecule has 0 bridgehead atoms. The summed E-state index contributed by atoms with van der Waals surface area (Å²) in [6.07, 6.45) is 3.61. The minimum atomic E-state index is 0.277. The molecule has 2 nitrogen and oxygen atoms in total. The van der Waals surface area contributed by atoms with E-state index in [1.807, 2.05) is 6.07 Å². The van der Waals surface area contributed by atoms with Crippen LogP contribution in [0.25, 0.3) is 0 Å². The van der Waals surface area contributed by atoms with Crippen molar-refractivity contribution in [3.05, 3.63) is 35.9 Å². The average Bonchev–Trinajstić information content (AvgIpc) is 3.10. The lowest BCUT2D eigenvalue weighted by Gasteiger charge is -2.15. The number of hydrogen-bond donors (Lipinski definition) is 2. The van der Waals surface area contributed by atoms with Gasteiger partial charge in [-0.2, -0.15) is 0 Å². The maximum Gasteiger partial charge on any atom is 0.0587 e. The third kappa shape index (κ3) is 3.33. The van der Waals surface area contributed by atoms with Gasteiger partial charge in [-0.1, -0.05) is 30.3 Å². The normalized spacial score (nSPS) is 17.7. The Morgan fingerprint density at radius 2 is 2.00 bits per heavy atom. The molecule has 15 heavy (non-hydrogen) atoms. The highest BCUT2D eigenvalue weighted by atomic mass is 16.3. The van der Waals surface area contributed by atoms with Crippen LogP contribution in [-0.2, 0) is 6.42 Å². The number of aliphatic hydroxyl groups excluding tert-OH is 1. The lowest BCUT2D eigenvalue weighted by molar-refractivity contribution is 0.229. The second-order valence-corrected chi connectivity index (χ2v) is 4.32. The molecule has 0 amide bonds. The highest BCUT2D eigenvalue weighted by Crippen LogP contribution is 2.32. The van der Waals surface area contributed by atoms with Gasteiger partial charge in [0.05, 0.1) is 6.61 Å². The average molecular weight is 205 g/mol. The molecule has 0 saturated heterocycles. The first-order valence-corrected chi connectivity index (χ1v) is 5.78. The molecule has 1 aliphatic rings. The molecular weight excluding hydrogens is 186 g/mol. The van der Waals surface area contributed by atoms with Crippen molar-refractivity contribution in [3.63, 3.8) is 0 Å². The van der Waals surface area contributed by atoms with Crippen LogP contribution in [0.5, 0.6) is 0 Å². The molecule has 1 atom stereocenters. The van der Waals surface area contributed by atoms with Gasteiger partial charge in [0.25, 0.3) is 0 Å². The Balaban J connectivity index is 1.69. The third-order valence-corrected chi connectivity index (χ3v) is 3.05. The second kappa shape index (κ2) is 5.29. The van der Waals surface area contributed by atoms with E-state index in [1.54, 1.807) is 0 Å². The number of hydrogen-bond acceptors (Lipinski definition) is 2. The van der Waals surface area contributed by atoms with Gasteiger partial charge in [0, 0.05) is 6.04 Å². The van der Waals surface area contributed by atoms with Crippen molar-refractivity contribution in [3.8, 4) is 0 Å². The highest BCUT2D eigenvalue weighted by Gasteiger charge is 2.29. The Hall–Kier alpha value is -0.860. The summed E-state index contributed by atoms with van der Waals surface area (Å²) in [6, 6.07) is 10.8. The maximum absolute atomic E-state index is 9.17. The monoisotopic (exact) mass is 205 g/mol. The quantitative estimate of drug-likeness (QED) is 0.739. The zero-order valence-electron chi connectivity index (χ0n) is 9.02. The van der Waals surface area contributed by atoms with E-state index in [4.69, 9.17) is 0 Å². The van der Waals surface area contributed by atoms with Gasteiger partial charge in [-0.25, -0.2) is 0 Å². The van der Waals surface area contributed by atoms with Crippen LogP contribution >= 0.6 is 0 Å². The SMILES string of the molecule is OC[C@@H](NCCc1ccccc1)C1CC1. The zero-order chi connectivity index (χ0) is 10.5.